The summed E-state index contributed by atoms with van der Waals surface area (Å²) in [6.07, 6.45) is 8.35. The van der Waals surface area contributed by atoms with E-state index in [9.17, 15) is 4.79 Å². The lowest BCUT2D eigenvalue weighted by Gasteiger charge is -2.31. The molecule has 0 saturated carbocycles. The minimum Gasteiger partial charge on any atom is -0.449 e. The Morgan fingerprint density at radius 1 is 1.24 bits per heavy atom. The van der Waals surface area contributed by atoms with Gasteiger partial charge in [-0.05, 0) is 63.1 Å². The van der Waals surface area contributed by atoms with Gasteiger partial charge in [-0.3, -0.25) is 9.69 Å². The third-order valence-electron chi connectivity index (χ3n) is 5.46. The summed E-state index contributed by atoms with van der Waals surface area (Å²) < 4.78 is 6.99. The minimum atomic E-state index is 0.0705. The van der Waals surface area contributed by atoms with Crippen molar-refractivity contribution in [1.29, 1.82) is 0 Å². The molecular formula is C19H26N4O2. The van der Waals surface area contributed by atoms with Crippen molar-refractivity contribution in [3.63, 3.8) is 0 Å². The summed E-state index contributed by atoms with van der Waals surface area (Å²) in [5, 5.41) is 4.66. The van der Waals surface area contributed by atoms with Crippen LogP contribution < -0.4 is 5.56 Å². The number of piperidine rings is 1. The van der Waals surface area contributed by atoms with E-state index in [1.54, 1.807) is 10.9 Å². The van der Waals surface area contributed by atoms with Crippen LogP contribution in [-0.2, 0) is 25.9 Å². The Balaban J connectivity index is 1.35. The van der Waals surface area contributed by atoms with E-state index in [1.807, 2.05) is 13.0 Å². The van der Waals surface area contributed by atoms with Gasteiger partial charge in [0.25, 0.3) is 5.56 Å². The maximum atomic E-state index is 12.3. The summed E-state index contributed by atoms with van der Waals surface area (Å²) in [6, 6.07) is 1.82. The van der Waals surface area contributed by atoms with Gasteiger partial charge in [-0.2, -0.15) is 5.10 Å². The van der Waals surface area contributed by atoms with Gasteiger partial charge in [-0.1, -0.05) is 0 Å². The van der Waals surface area contributed by atoms with Gasteiger partial charge in [0.15, 0.2) is 5.89 Å². The quantitative estimate of drug-likeness (QED) is 0.853. The zero-order valence-corrected chi connectivity index (χ0v) is 14.9. The smallest absolute Gasteiger partial charge is 0.267 e. The minimum absolute atomic E-state index is 0.0705. The molecule has 2 aliphatic rings. The van der Waals surface area contributed by atoms with E-state index >= 15 is 0 Å². The van der Waals surface area contributed by atoms with Crippen molar-refractivity contribution in [3.8, 4) is 0 Å². The van der Waals surface area contributed by atoms with Gasteiger partial charge < -0.3 is 4.42 Å². The topological polar surface area (TPSA) is 64.2 Å². The van der Waals surface area contributed by atoms with Crippen LogP contribution in [0.15, 0.2) is 21.5 Å². The molecule has 0 unspecified atom stereocenters. The van der Waals surface area contributed by atoms with Gasteiger partial charge in [0.1, 0.15) is 6.26 Å². The Kier molecular flexibility index (Phi) is 4.70. The van der Waals surface area contributed by atoms with Gasteiger partial charge in [0.05, 0.1) is 11.4 Å². The Bertz CT molecular complexity index is 787. The highest BCUT2D eigenvalue weighted by Gasteiger charge is 2.22. The lowest BCUT2D eigenvalue weighted by molar-refractivity contribution is 0.161. The molecule has 0 N–H and O–H groups in total. The third-order valence-corrected chi connectivity index (χ3v) is 5.46. The van der Waals surface area contributed by atoms with Gasteiger partial charge in [-0.25, -0.2) is 9.67 Å². The molecule has 0 bridgehead atoms. The molecule has 2 aromatic heterocycles. The summed E-state index contributed by atoms with van der Waals surface area (Å²) in [4.78, 5) is 19.1. The lowest BCUT2D eigenvalue weighted by Crippen LogP contribution is -2.37. The molecule has 0 radical (unpaired) electrons. The molecule has 134 valence electrons. The first-order valence-corrected chi connectivity index (χ1v) is 9.40. The van der Waals surface area contributed by atoms with Crippen LogP contribution in [0.1, 0.15) is 48.5 Å². The fraction of sp³-hybridized carbons (Fsp3) is 0.632. The molecule has 0 amide bonds. The van der Waals surface area contributed by atoms with E-state index < -0.39 is 0 Å². The van der Waals surface area contributed by atoms with E-state index in [4.69, 9.17) is 4.42 Å². The molecular weight excluding hydrogens is 316 g/mol. The third kappa shape index (κ3) is 3.84. The van der Waals surface area contributed by atoms with Crippen molar-refractivity contribution in [3.05, 3.63) is 45.5 Å². The van der Waals surface area contributed by atoms with Crippen LogP contribution >= 0.6 is 0 Å². The second-order valence-electron chi connectivity index (χ2n) is 7.42. The summed E-state index contributed by atoms with van der Waals surface area (Å²) >= 11 is 0. The van der Waals surface area contributed by atoms with Gasteiger partial charge in [0, 0.05) is 26.1 Å². The van der Waals surface area contributed by atoms with Crippen LogP contribution in [0.5, 0.6) is 0 Å². The predicted octanol–water partition coefficient (Wildman–Crippen LogP) is 2.33. The van der Waals surface area contributed by atoms with E-state index in [2.05, 4.69) is 15.0 Å². The number of aryl methyl sites for hydroxylation is 3. The SMILES string of the molecule is Cc1nc(CN2CCC(Cn3nc4c(cc3=O)CCCC4)CC2)co1. The van der Waals surface area contributed by atoms with E-state index in [0.717, 1.165) is 69.1 Å². The summed E-state index contributed by atoms with van der Waals surface area (Å²) in [6.45, 7) is 5.55. The molecule has 0 aromatic carbocycles. The highest BCUT2D eigenvalue weighted by atomic mass is 16.3. The molecule has 25 heavy (non-hydrogen) atoms. The summed E-state index contributed by atoms with van der Waals surface area (Å²) in [7, 11) is 0. The lowest BCUT2D eigenvalue weighted by atomic mass is 9.96. The monoisotopic (exact) mass is 342 g/mol. The number of hydrogen-bond acceptors (Lipinski definition) is 5. The van der Waals surface area contributed by atoms with Crippen LogP contribution in [0, 0.1) is 12.8 Å². The molecule has 6 heteroatoms. The van der Waals surface area contributed by atoms with Crippen LogP contribution in [-0.4, -0.2) is 32.8 Å². The number of nitrogens with zero attached hydrogens (tertiary/aromatic N) is 4. The van der Waals surface area contributed by atoms with E-state index in [0.29, 0.717) is 5.92 Å². The number of rotatable bonds is 4. The molecule has 0 atom stereocenters. The van der Waals surface area contributed by atoms with E-state index in [-0.39, 0.29) is 5.56 Å². The average molecular weight is 342 g/mol. The second kappa shape index (κ2) is 7.12. The first kappa shape index (κ1) is 16.5. The number of aromatic nitrogens is 3. The highest BCUT2D eigenvalue weighted by Crippen LogP contribution is 2.21. The second-order valence-corrected chi connectivity index (χ2v) is 7.42. The van der Waals surface area contributed by atoms with Crippen LogP contribution in [0.4, 0.5) is 0 Å². The summed E-state index contributed by atoms with van der Waals surface area (Å²) in [5.41, 5.74) is 3.39. The van der Waals surface area contributed by atoms with Gasteiger partial charge in [-0.15, -0.1) is 0 Å². The number of fused-ring (bicyclic) bond motifs is 1. The molecule has 1 aliphatic carbocycles. The van der Waals surface area contributed by atoms with Gasteiger partial charge >= 0.3 is 0 Å². The van der Waals surface area contributed by atoms with Crippen LogP contribution in [0.25, 0.3) is 0 Å². The fourth-order valence-electron chi connectivity index (χ4n) is 4.01. The Morgan fingerprint density at radius 2 is 2.04 bits per heavy atom. The Morgan fingerprint density at radius 3 is 2.80 bits per heavy atom. The molecule has 1 aliphatic heterocycles. The average Bonchev–Trinajstić information content (AvgIpc) is 3.02. The predicted molar refractivity (Wildman–Crippen MR) is 94.4 cm³/mol. The zero-order chi connectivity index (χ0) is 17.2. The van der Waals surface area contributed by atoms with Crippen molar-refractivity contribution in [2.45, 2.75) is 58.5 Å². The molecule has 6 nitrogen and oxygen atoms in total. The maximum Gasteiger partial charge on any atom is 0.267 e. The first-order chi connectivity index (χ1) is 12.2. The van der Waals surface area contributed by atoms with Crippen molar-refractivity contribution in [2.75, 3.05) is 13.1 Å². The van der Waals surface area contributed by atoms with Crippen molar-refractivity contribution >= 4 is 0 Å². The largest absolute Gasteiger partial charge is 0.449 e. The van der Waals surface area contributed by atoms with Crippen molar-refractivity contribution in [1.82, 2.24) is 19.7 Å². The maximum absolute atomic E-state index is 12.3. The Hall–Kier alpha value is -1.95. The van der Waals surface area contributed by atoms with Crippen molar-refractivity contribution in [2.24, 2.45) is 5.92 Å². The molecule has 2 aromatic rings. The molecule has 1 fully saturated rings. The summed E-state index contributed by atoms with van der Waals surface area (Å²) in [5.74, 6) is 1.25. The number of hydrogen-bond donors (Lipinski definition) is 0. The van der Waals surface area contributed by atoms with Crippen molar-refractivity contribution < 1.29 is 4.42 Å². The molecule has 1 saturated heterocycles. The van der Waals surface area contributed by atoms with Crippen LogP contribution in [0.3, 0.4) is 0 Å². The molecule has 0 spiro atoms. The van der Waals surface area contributed by atoms with Crippen LogP contribution in [0.2, 0.25) is 0 Å². The Labute approximate surface area is 147 Å². The highest BCUT2D eigenvalue weighted by molar-refractivity contribution is 5.20. The van der Waals surface area contributed by atoms with Gasteiger partial charge in [0.2, 0.25) is 0 Å². The fourth-order valence-corrected chi connectivity index (χ4v) is 4.01. The van der Waals surface area contributed by atoms with E-state index in [1.165, 1.54) is 18.4 Å². The molecule has 4 rings (SSSR count). The number of likely N-dealkylation sites (tertiary alicyclic amines) is 1. The first-order valence-electron chi connectivity index (χ1n) is 9.40. The number of oxazole rings is 1. The standard InChI is InChI=1S/C19H26N4O2/c1-14-20-17(13-25-14)12-22-8-6-15(7-9-22)11-23-19(24)10-16-4-2-3-5-18(16)21-23/h10,13,15H,2-9,11-12H2,1H3. The zero-order valence-electron chi connectivity index (χ0n) is 14.9. The normalized spacial score (nSPS) is 19.1. The molecule has 3 heterocycles.